The molecule has 2 rings (SSSR count). The van der Waals surface area contributed by atoms with E-state index in [9.17, 15) is 5.11 Å². The molecule has 0 bridgehead atoms. The first-order chi connectivity index (χ1) is 10.7. The molecule has 0 unspecified atom stereocenters. The summed E-state index contributed by atoms with van der Waals surface area (Å²) in [5.74, 6) is 0.719. The molecule has 0 aliphatic rings. The van der Waals surface area contributed by atoms with Crippen LogP contribution in [0.3, 0.4) is 0 Å². The van der Waals surface area contributed by atoms with E-state index in [-0.39, 0.29) is 0 Å². The lowest BCUT2D eigenvalue weighted by atomic mass is 10.1. The predicted octanol–water partition coefficient (Wildman–Crippen LogP) is 3.95. The number of hydrogen-bond acceptors (Lipinski definition) is 3. The van der Waals surface area contributed by atoms with Crippen LogP contribution in [0.25, 0.3) is 0 Å². The van der Waals surface area contributed by atoms with Crippen LogP contribution in [0, 0.1) is 0 Å². The Morgan fingerprint density at radius 1 is 1.18 bits per heavy atom. The zero-order chi connectivity index (χ0) is 15.8. The number of aliphatic hydroxyl groups excluding tert-OH is 1. The van der Waals surface area contributed by atoms with Crippen LogP contribution in [0.1, 0.15) is 30.6 Å². The van der Waals surface area contributed by atoms with E-state index in [1.54, 1.807) is 0 Å². The highest BCUT2D eigenvalue weighted by Crippen LogP contribution is 2.25. The van der Waals surface area contributed by atoms with E-state index in [4.69, 9.17) is 16.3 Å². The summed E-state index contributed by atoms with van der Waals surface area (Å²) in [4.78, 5) is 0. The summed E-state index contributed by atoms with van der Waals surface area (Å²) >= 11 is 6.20. The number of hydrogen-bond donors (Lipinski definition) is 2. The van der Waals surface area contributed by atoms with Gasteiger partial charge in [-0.05, 0) is 29.7 Å². The smallest absolute Gasteiger partial charge is 0.137 e. The molecule has 0 heterocycles. The highest BCUT2D eigenvalue weighted by Gasteiger charge is 2.07. The van der Waals surface area contributed by atoms with Crippen molar-refractivity contribution in [1.29, 1.82) is 0 Å². The van der Waals surface area contributed by atoms with Gasteiger partial charge in [-0.15, -0.1) is 0 Å². The summed E-state index contributed by atoms with van der Waals surface area (Å²) < 4.78 is 5.55. The monoisotopic (exact) mass is 319 g/mol. The summed E-state index contributed by atoms with van der Waals surface area (Å²) in [5, 5.41) is 13.9. The molecule has 0 aromatic heterocycles. The molecular weight excluding hydrogens is 298 g/mol. The molecule has 3 nitrogen and oxygen atoms in total. The third kappa shape index (κ3) is 5.02. The number of halogens is 1. The maximum atomic E-state index is 10.1. The minimum atomic E-state index is -0.510. The molecule has 1 atom stereocenters. The Morgan fingerprint density at radius 3 is 2.64 bits per heavy atom. The van der Waals surface area contributed by atoms with Crippen molar-refractivity contribution < 1.29 is 9.84 Å². The van der Waals surface area contributed by atoms with Gasteiger partial charge in [0.15, 0.2) is 0 Å². The fourth-order valence-corrected chi connectivity index (χ4v) is 2.39. The SMILES string of the molecule is CCCOc1ccc(CNC[C@@H](O)c2ccccc2)cc1Cl. The van der Waals surface area contributed by atoms with Crippen molar-refractivity contribution in [2.75, 3.05) is 13.2 Å². The van der Waals surface area contributed by atoms with Gasteiger partial charge in [0.2, 0.25) is 0 Å². The quantitative estimate of drug-likeness (QED) is 0.774. The van der Waals surface area contributed by atoms with E-state index in [1.165, 1.54) is 0 Å². The van der Waals surface area contributed by atoms with Crippen molar-refractivity contribution in [3.8, 4) is 5.75 Å². The molecule has 0 saturated carbocycles. The lowest BCUT2D eigenvalue weighted by molar-refractivity contribution is 0.174. The van der Waals surface area contributed by atoms with Gasteiger partial charge < -0.3 is 15.2 Å². The molecule has 0 aliphatic heterocycles. The molecule has 2 aromatic carbocycles. The summed E-state index contributed by atoms with van der Waals surface area (Å²) in [5.41, 5.74) is 1.98. The van der Waals surface area contributed by atoms with Crippen molar-refractivity contribution in [2.24, 2.45) is 0 Å². The van der Waals surface area contributed by atoms with Crippen molar-refractivity contribution >= 4 is 11.6 Å². The molecule has 2 aromatic rings. The molecule has 0 radical (unpaired) electrons. The highest BCUT2D eigenvalue weighted by atomic mass is 35.5. The van der Waals surface area contributed by atoms with Crippen molar-refractivity contribution in [2.45, 2.75) is 26.0 Å². The first-order valence-corrected chi connectivity index (χ1v) is 7.93. The lowest BCUT2D eigenvalue weighted by Crippen LogP contribution is -2.21. The van der Waals surface area contributed by atoms with E-state index in [0.29, 0.717) is 24.7 Å². The second-order valence-corrected chi connectivity index (χ2v) is 5.58. The van der Waals surface area contributed by atoms with Crippen LogP contribution in [0.2, 0.25) is 5.02 Å². The highest BCUT2D eigenvalue weighted by molar-refractivity contribution is 6.32. The van der Waals surface area contributed by atoms with E-state index >= 15 is 0 Å². The summed E-state index contributed by atoms with van der Waals surface area (Å²) in [7, 11) is 0. The number of benzene rings is 2. The minimum absolute atomic E-state index is 0.496. The lowest BCUT2D eigenvalue weighted by Gasteiger charge is -2.13. The fraction of sp³-hybridized carbons (Fsp3) is 0.333. The standard InChI is InChI=1S/C18H22ClNO2/c1-2-10-22-18-9-8-14(11-16(18)19)12-20-13-17(21)15-6-4-3-5-7-15/h3-9,11,17,20-21H,2,10,12-13H2,1H3/t17-/m1/s1. The average molecular weight is 320 g/mol. The zero-order valence-electron chi connectivity index (χ0n) is 12.8. The van der Waals surface area contributed by atoms with E-state index in [1.807, 2.05) is 48.5 Å². The Balaban J connectivity index is 1.83. The molecule has 0 spiro atoms. The van der Waals surface area contributed by atoms with Crippen LogP contribution >= 0.6 is 11.6 Å². The van der Waals surface area contributed by atoms with Crippen molar-refractivity contribution in [3.05, 3.63) is 64.7 Å². The molecule has 2 N–H and O–H groups in total. The molecule has 118 valence electrons. The Hall–Kier alpha value is -1.55. The normalized spacial score (nSPS) is 12.1. The van der Waals surface area contributed by atoms with Crippen LogP contribution in [-0.2, 0) is 6.54 Å². The number of ether oxygens (including phenoxy) is 1. The topological polar surface area (TPSA) is 41.5 Å². The van der Waals surface area contributed by atoms with Crippen LogP contribution in [0.5, 0.6) is 5.75 Å². The van der Waals surface area contributed by atoms with Crippen LogP contribution < -0.4 is 10.1 Å². The Kier molecular flexibility index (Phi) is 6.72. The molecule has 4 heteroatoms. The van der Waals surface area contributed by atoms with Gasteiger partial charge >= 0.3 is 0 Å². The van der Waals surface area contributed by atoms with Gasteiger partial charge in [0.05, 0.1) is 17.7 Å². The molecule has 0 fully saturated rings. The predicted molar refractivity (Wildman–Crippen MR) is 90.3 cm³/mol. The summed E-state index contributed by atoms with van der Waals surface area (Å²) in [6.45, 7) is 3.87. The van der Waals surface area contributed by atoms with Gasteiger partial charge in [-0.25, -0.2) is 0 Å². The number of nitrogens with one attached hydrogen (secondary N) is 1. The summed E-state index contributed by atoms with van der Waals surface area (Å²) in [6.07, 6.45) is 0.445. The van der Waals surface area contributed by atoms with Gasteiger partial charge in [-0.2, -0.15) is 0 Å². The van der Waals surface area contributed by atoms with Crippen molar-refractivity contribution in [3.63, 3.8) is 0 Å². The number of rotatable bonds is 8. The molecular formula is C18H22ClNO2. The van der Waals surface area contributed by atoms with Crippen LogP contribution in [0.4, 0.5) is 0 Å². The van der Waals surface area contributed by atoms with Gasteiger partial charge in [0, 0.05) is 13.1 Å². The minimum Gasteiger partial charge on any atom is -0.492 e. The second-order valence-electron chi connectivity index (χ2n) is 5.17. The Morgan fingerprint density at radius 2 is 1.95 bits per heavy atom. The Bertz CT molecular complexity index is 575. The Labute approximate surface area is 136 Å². The van der Waals surface area contributed by atoms with Gasteiger partial charge in [-0.1, -0.05) is 54.9 Å². The molecule has 0 aliphatic carbocycles. The largest absolute Gasteiger partial charge is 0.492 e. The van der Waals surface area contributed by atoms with Crippen LogP contribution in [-0.4, -0.2) is 18.3 Å². The first kappa shape index (κ1) is 16.8. The number of aliphatic hydroxyl groups is 1. The third-order valence-corrected chi connectivity index (χ3v) is 3.60. The average Bonchev–Trinajstić information content (AvgIpc) is 2.55. The molecule has 22 heavy (non-hydrogen) atoms. The van der Waals surface area contributed by atoms with E-state index in [0.717, 1.165) is 23.3 Å². The van der Waals surface area contributed by atoms with Gasteiger partial charge in [0.1, 0.15) is 5.75 Å². The van der Waals surface area contributed by atoms with E-state index in [2.05, 4.69) is 12.2 Å². The fourth-order valence-electron chi connectivity index (χ4n) is 2.13. The maximum Gasteiger partial charge on any atom is 0.137 e. The molecule has 0 amide bonds. The summed E-state index contributed by atoms with van der Waals surface area (Å²) in [6, 6.07) is 15.4. The van der Waals surface area contributed by atoms with Crippen molar-refractivity contribution in [1.82, 2.24) is 5.32 Å². The van der Waals surface area contributed by atoms with Crippen LogP contribution in [0.15, 0.2) is 48.5 Å². The van der Waals surface area contributed by atoms with E-state index < -0.39 is 6.10 Å². The second kappa shape index (κ2) is 8.79. The molecule has 0 saturated heterocycles. The van der Waals surface area contributed by atoms with Gasteiger partial charge in [-0.3, -0.25) is 0 Å². The maximum absolute atomic E-state index is 10.1. The third-order valence-electron chi connectivity index (χ3n) is 3.31. The first-order valence-electron chi connectivity index (χ1n) is 7.55. The zero-order valence-corrected chi connectivity index (χ0v) is 13.5. The van der Waals surface area contributed by atoms with Gasteiger partial charge in [0.25, 0.3) is 0 Å².